The van der Waals surface area contributed by atoms with E-state index >= 15 is 0 Å². The van der Waals surface area contributed by atoms with Crippen molar-refractivity contribution < 1.29 is 19.0 Å². The molecule has 0 aliphatic carbocycles. The Balaban J connectivity index is 1.64. The van der Waals surface area contributed by atoms with E-state index in [1.165, 1.54) is 0 Å². The van der Waals surface area contributed by atoms with E-state index in [0.29, 0.717) is 30.4 Å². The lowest BCUT2D eigenvalue weighted by atomic mass is 10.1. The van der Waals surface area contributed by atoms with Crippen molar-refractivity contribution in [3.8, 4) is 17.2 Å². The minimum Gasteiger partial charge on any atom is -0.497 e. The van der Waals surface area contributed by atoms with Crippen LogP contribution < -0.4 is 9.47 Å². The van der Waals surface area contributed by atoms with Gasteiger partial charge in [0.1, 0.15) is 23.9 Å². The SMILES string of the molecule is COc1cccc(Oc2ccncc2C2COCC(=O)N2Cc2ccccn2)c1. The van der Waals surface area contributed by atoms with Gasteiger partial charge in [-0.25, -0.2) is 0 Å². The van der Waals surface area contributed by atoms with Gasteiger partial charge < -0.3 is 19.1 Å². The van der Waals surface area contributed by atoms with Gasteiger partial charge >= 0.3 is 0 Å². The van der Waals surface area contributed by atoms with Crippen LogP contribution >= 0.6 is 0 Å². The Morgan fingerprint density at radius 1 is 1.14 bits per heavy atom. The van der Waals surface area contributed by atoms with Crippen molar-refractivity contribution >= 4 is 5.91 Å². The number of carbonyl (C=O) groups is 1. The zero-order chi connectivity index (χ0) is 20.1. The minimum absolute atomic E-state index is 0.0513. The number of amides is 1. The predicted octanol–water partition coefficient (Wildman–Crippen LogP) is 3.38. The molecule has 1 aliphatic rings. The average Bonchev–Trinajstić information content (AvgIpc) is 2.76. The minimum atomic E-state index is -0.326. The molecular formula is C22H21N3O4. The molecular weight excluding hydrogens is 370 g/mol. The van der Waals surface area contributed by atoms with Crippen molar-refractivity contribution in [2.75, 3.05) is 20.3 Å². The number of carbonyl (C=O) groups excluding carboxylic acids is 1. The molecule has 1 atom stereocenters. The van der Waals surface area contributed by atoms with Crippen LogP contribution in [0.5, 0.6) is 17.2 Å². The molecule has 29 heavy (non-hydrogen) atoms. The quantitative estimate of drug-likeness (QED) is 0.641. The topological polar surface area (TPSA) is 73.8 Å². The highest BCUT2D eigenvalue weighted by atomic mass is 16.5. The van der Waals surface area contributed by atoms with Gasteiger partial charge in [-0.2, -0.15) is 0 Å². The fourth-order valence-electron chi connectivity index (χ4n) is 3.26. The van der Waals surface area contributed by atoms with E-state index in [-0.39, 0.29) is 18.6 Å². The summed E-state index contributed by atoms with van der Waals surface area (Å²) in [4.78, 5) is 23.0. The molecule has 1 amide bonds. The van der Waals surface area contributed by atoms with E-state index in [1.807, 2.05) is 36.4 Å². The summed E-state index contributed by atoms with van der Waals surface area (Å²) in [7, 11) is 1.61. The van der Waals surface area contributed by atoms with Gasteiger partial charge in [-0.15, -0.1) is 0 Å². The van der Waals surface area contributed by atoms with Crippen molar-refractivity contribution in [3.63, 3.8) is 0 Å². The van der Waals surface area contributed by atoms with Crippen LogP contribution in [0.25, 0.3) is 0 Å². The lowest BCUT2D eigenvalue weighted by Crippen LogP contribution is -2.43. The van der Waals surface area contributed by atoms with Crippen LogP contribution in [0.4, 0.5) is 0 Å². The first-order chi connectivity index (χ1) is 14.2. The Kier molecular flexibility index (Phi) is 5.67. The molecule has 1 unspecified atom stereocenters. The normalized spacial score (nSPS) is 16.5. The summed E-state index contributed by atoms with van der Waals surface area (Å²) < 4.78 is 16.9. The third-order valence-corrected chi connectivity index (χ3v) is 4.69. The largest absolute Gasteiger partial charge is 0.497 e. The molecule has 1 aromatic carbocycles. The maximum absolute atomic E-state index is 12.6. The molecule has 1 fully saturated rings. The second-order valence-corrected chi connectivity index (χ2v) is 6.57. The highest BCUT2D eigenvalue weighted by Crippen LogP contribution is 2.35. The maximum Gasteiger partial charge on any atom is 0.249 e. The Hall–Kier alpha value is -3.45. The number of nitrogens with zero attached hydrogens (tertiary/aromatic N) is 3. The number of pyridine rings is 2. The molecule has 4 rings (SSSR count). The van der Waals surface area contributed by atoms with E-state index in [2.05, 4.69) is 9.97 Å². The molecule has 7 heteroatoms. The molecule has 0 radical (unpaired) electrons. The van der Waals surface area contributed by atoms with Crippen LogP contribution in [0.2, 0.25) is 0 Å². The molecule has 2 aromatic heterocycles. The third-order valence-electron chi connectivity index (χ3n) is 4.69. The van der Waals surface area contributed by atoms with Crippen LogP contribution in [-0.2, 0) is 16.1 Å². The lowest BCUT2D eigenvalue weighted by molar-refractivity contribution is -0.149. The molecule has 0 N–H and O–H groups in total. The summed E-state index contributed by atoms with van der Waals surface area (Å²) >= 11 is 0. The molecule has 7 nitrogen and oxygen atoms in total. The van der Waals surface area contributed by atoms with Crippen LogP contribution in [0.1, 0.15) is 17.3 Å². The highest BCUT2D eigenvalue weighted by Gasteiger charge is 2.32. The standard InChI is InChI=1S/C22H21N3O4/c1-27-17-6-4-7-18(11-17)29-21-8-10-23-12-19(21)20-14-28-15-22(26)25(20)13-16-5-2-3-9-24-16/h2-12,20H,13-15H2,1H3. The summed E-state index contributed by atoms with van der Waals surface area (Å²) in [6, 6.07) is 14.5. The summed E-state index contributed by atoms with van der Waals surface area (Å²) in [6.07, 6.45) is 5.10. The molecule has 3 aromatic rings. The number of rotatable bonds is 6. The van der Waals surface area contributed by atoms with Crippen LogP contribution in [0.15, 0.2) is 67.1 Å². The van der Waals surface area contributed by atoms with Crippen molar-refractivity contribution in [2.24, 2.45) is 0 Å². The fraction of sp³-hybridized carbons (Fsp3) is 0.227. The van der Waals surface area contributed by atoms with Gasteiger partial charge in [-0.05, 0) is 30.3 Å². The number of aromatic nitrogens is 2. The van der Waals surface area contributed by atoms with E-state index in [9.17, 15) is 4.79 Å². The van der Waals surface area contributed by atoms with Crippen molar-refractivity contribution in [2.45, 2.75) is 12.6 Å². The number of hydrogen-bond donors (Lipinski definition) is 0. The number of methoxy groups -OCH3 is 1. The number of morpholine rings is 1. The molecule has 1 saturated heterocycles. The highest BCUT2D eigenvalue weighted by molar-refractivity contribution is 5.78. The first-order valence-corrected chi connectivity index (χ1v) is 9.27. The number of ether oxygens (including phenoxy) is 3. The molecule has 3 heterocycles. The van der Waals surface area contributed by atoms with Crippen LogP contribution in [0, 0.1) is 0 Å². The molecule has 0 saturated carbocycles. The Bertz CT molecular complexity index is 981. The maximum atomic E-state index is 12.6. The first kappa shape index (κ1) is 18.9. The first-order valence-electron chi connectivity index (χ1n) is 9.27. The number of hydrogen-bond acceptors (Lipinski definition) is 6. The summed E-state index contributed by atoms with van der Waals surface area (Å²) in [6.45, 7) is 0.801. The Morgan fingerprint density at radius 2 is 2.03 bits per heavy atom. The van der Waals surface area contributed by atoms with Crippen molar-refractivity contribution in [3.05, 3.63) is 78.4 Å². The zero-order valence-electron chi connectivity index (χ0n) is 16.0. The van der Waals surface area contributed by atoms with E-state index < -0.39 is 0 Å². The van der Waals surface area contributed by atoms with Crippen molar-refractivity contribution in [1.29, 1.82) is 0 Å². The molecule has 0 bridgehead atoms. The summed E-state index contributed by atoms with van der Waals surface area (Å²) in [5, 5.41) is 0. The van der Waals surface area contributed by atoms with Crippen LogP contribution in [-0.4, -0.2) is 41.1 Å². The zero-order valence-corrected chi connectivity index (χ0v) is 16.0. The lowest BCUT2D eigenvalue weighted by Gasteiger charge is -2.36. The fourth-order valence-corrected chi connectivity index (χ4v) is 3.26. The smallest absolute Gasteiger partial charge is 0.249 e. The van der Waals surface area contributed by atoms with E-state index in [1.54, 1.807) is 42.7 Å². The third kappa shape index (κ3) is 4.35. The van der Waals surface area contributed by atoms with Gasteiger partial charge in [-0.3, -0.25) is 14.8 Å². The van der Waals surface area contributed by atoms with Gasteiger partial charge in [0, 0.05) is 30.2 Å². The van der Waals surface area contributed by atoms with Gasteiger partial charge in [0.15, 0.2) is 0 Å². The van der Waals surface area contributed by atoms with E-state index in [4.69, 9.17) is 14.2 Å². The Labute approximate surface area is 168 Å². The van der Waals surface area contributed by atoms with E-state index in [0.717, 1.165) is 11.3 Å². The van der Waals surface area contributed by atoms with Gasteiger partial charge in [0.25, 0.3) is 0 Å². The second-order valence-electron chi connectivity index (χ2n) is 6.57. The molecule has 0 spiro atoms. The van der Waals surface area contributed by atoms with Gasteiger partial charge in [-0.1, -0.05) is 12.1 Å². The average molecular weight is 391 g/mol. The monoisotopic (exact) mass is 391 g/mol. The Morgan fingerprint density at radius 3 is 2.86 bits per heavy atom. The summed E-state index contributed by atoms with van der Waals surface area (Å²) in [5.74, 6) is 1.85. The summed E-state index contributed by atoms with van der Waals surface area (Å²) in [5.41, 5.74) is 1.59. The second kappa shape index (κ2) is 8.70. The molecule has 148 valence electrons. The van der Waals surface area contributed by atoms with Gasteiger partial charge in [0.05, 0.1) is 32.0 Å². The van der Waals surface area contributed by atoms with Gasteiger partial charge in [0.2, 0.25) is 5.91 Å². The van der Waals surface area contributed by atoms with Crippen molar-refractivity contribution in [1.82, 2.24) is 14.9 Å². The molecule has 1 aliphatic heterocycles. The predicted molar refractivity (Wildman–Crippen MR) is 106 cm³/mol. The number of benzene rings is 1. The van der Waals surface area contributed by atoms with Crippen LogP contribution in [0.3, 0.4) is 0 Å².